The number of aliphatic hydroxyl groups is 1. The molecule has 17 heavy (non-hydrogen) atoms. The second kappa shape index (κ2) is 4.25. The highest BCUT2D eigenvalue weighted by molar-refractivity contribution is 5.65. The van der Waals surface area contributed by atoms with E-state index in [0.29, 0.717) is 6.42 Å². The summed E-state index contributed by atoms with van der Waals surface area (Å²) in [6.07, 6.45) is -0.287. The van der Waals surface area contributed by atoms with Crippen LogP contribution in [0.25, 0.3) is 0 Å². The summed E-state index contributed by atoms with van der Waals surface area (Å²) in [5, 5.41) is 20.1. The first-order valence-electron chi connectivity index (χ1n) is 5.06. The smallest absolute Gasteiger partial charge is 0.295 e. The Labute approximate surface area is 95.4 Å². The lowest BCUT2D eigenvalue weighted by atomic mass is 10.2. The zero-order valence-electron chi connectivity index (χ0n) is 8.77. The van der Waals surface area contributed by atoms with E-state index in [1.54, 1.807) is 0 Å². The van der Waals surface area contributed by atoms with Gasteiger partial charge in [-0.25, -0.2) is 8.78 Å². The van der Waals surface area contributed by atoms with Crippen molar-refractivity contribution in [2.75, 3.05) is 18.0 Å². The second-order valence-electron chi connectivity index (χ2n) is 3.87. The molecule has 1 heterocycles. The van der Waals surface area contributed by atoms with E-state index in [1.165, 1.54) is 4.90 Å². The van der Waals surface area contributed by atoms with E-state index in [-0.39, 0.29) is 18.8 Å². The topological polar surface area (TPSA) is 66.6 Å². The molecule has 7 heteroatoms. The number of nitro benzene ring substituents is 1. The van der Waals surface area contributed by atoms with E-state index in [0.717, 1.165) is 12.1 Å². The lowest BCUT2D eigenvalue weighted by molar-refractivity contribution is -0.384. The molecule has 92 valence electrons. The third kappa shape index (κ3) is 2.05. The maximum Gasteiger partial charge on any atom is 0.295 e. The van der Waals surface area contributed by atoms with Gasteiger partial charge < -0.3 is 10.0 Å². The van der Waals surface area contributed by atoms with Gasteiger partial charge in [0.2, 0.25) is 0 Å². The van der Waals surface area contributed by atoms with Gasteiger partial charge in [-0.15, -0.1) is 0 Å². The molecular formula is C10H10F2N2O3. The number of benzene rings is 1. The summed E-state index contributed by atoms with van der Waals surface area (Å²) < 4.78 is 26.7. The van der Waals surface area contributed by atoms with E-state index in [2.05, 4.69) is 0 Å². The van der Waals surface area contributed by atoms with Crippen molar-refractivity contribution in [3.63, 3.8) is 0 Å². The van der Waals surface area contributed by atoms with Crippen LogP contribution in [0.4, 0.5) is 20.2 Å². The maximum absolute atomic E-state index is 13.6. The molecule has 1 aromatic carbocycles. The molecule has 1 aliphatic heterocycles. The highest BCUT2D eigenvalue weighted by atomic mass is 19.2. The first-order valence-corrected chi connectivity index (χ1v) is 5.06. The zero-order valence-corrected chi connectivity index (χ0v) is 8.77. The fourth-order valence-corrected chi connectivity index (χ4v) is 1.92. The largest absolute Gasteiger partial charge is 0.391 e. The summed E-state index contributed by atoms with van der Waals surface area (Å²) in [6, 6.07) is 1.65. The predicted octanol–water partition coefficient (Wildman–Crippen LogP) is 1.44. The van der Waals surface area contributed by atoms with Gasteiger partial charge in [-0.05, 0) is 12.5 Å². The Hall–Kier alpha value is -1.76. The Morgan fingerprint density at radius 3 is 2.71 bits per heavy atom. The molecule has 1 aliphatic rings. The highest BCUT2D eigenvalue weighted by Gasteiger charge is 2.30. The lowest BCUT2D eigenvalue weighted by Crippen LogP contribution is -2.23. The van der Waals surface area contributed by atoms with Crippen LogP contribution in [0.2, 0.25) is 0 Å². The molecule has 0 radical (unpaired) electrons. The normalized spacial score (nSPS) is 19.7. The third-order valence-electron chi connectivity index (χ3n) is 2.72. The summed E-state index contributed by atoms with van der Waals surface area (Å²) in [5.41, 5.74) is -0.871. The molecule has 1 atom stereocenters. The Balaban J connectivity index is 2.49. The Kier molecular flexibility index (Phi) is 2.93. The molecule has 0 aromatic heterocycles. The average molecular weight is 244 g/mol. The summed E-state index contributed by atoms with van der Waals surface area (Å²) in [5.74, 6) is -2.37. The molecule has 1 saturated heterocycles. The summed E-state index contributed by atoms with van der Waals surface area (Å²) in [4.78, 5) is 11.3. The van der Waals surface area contributed by atoms with Crippen molar-refractivity contribution in [3.8, 4) is 0 Å². The number of rotatable bonds is 2. The van der Waals surface area contributed by atoms with E-state index in [4.69, 9.17) is 0 Å². The van der Waals surface area contributed by atoms with Gasteiger partial charge in [-0.2, -0.15) is 0 Å². The van der Waals surface area contributed by atoms with Gasteiger partial charge in [-0.3, -0.25) is 10.1 Å². The Bertz CT molecular complexity index is 467. The molecule has 0 bridgehead atoms. The van der Waals surface area contributed by atoms with Gasteiger partial charge in [0.1, 0.15) is 0 Å². The van der Waals surface area contributed by atoms with E-state index >= 15 is 0 Å². The molecule has 0 aliphatic carbocycles. The average Bonchev–Trinajstić information content (AvgIpc) is 2.68. The fourth-order valence-electron chi connectivity index (χ4n) is 1.92. The monoisotopic (exact) mass is 244 g/mol. The van der Waals surface area contributed by atoms with Crippen LogP contribution in [0.1, 0.15) is 6.42 Å². The summed E-state index contributed by atoms with van der Waals surface area (Å²) in [6.45, 7) is 0.337. The van der Waals surface area contributed by atoms with Gasteiger partial charge >= 0.3 is 0 Å². The van der Waals surface area contributed by atoms with Crippen molar-refractivity contribution in [1.82, 2.24) is 0 Å². The fraction of sp³-hybridized carbons (Fsp3) is 0.400. The van der Waals surface area contributed by atoms with Crippen LogP contribution in [0.15, 0.2) is 12.1 Å². The number of β-amino-alcohol motifs (C(OH)–C–C–N with tert-alkyl or cyclic N) is 1. The first kappa shape index (κ1) is 11.7. The molecule has 0 amide bonds. The number of nitro groups is 1. The van der Waals surface area contributed by atoms with Crippen molar-refractivity contribution in [2.45, 2.75) is 12.5 Å². The van der Waals surface area contributed by atoms with Crippen LogP contribution in [0.5, 0.6) is 0 Å². The van der Waals surface area contributed by atoms with E-state index in [1.807, 2.05) is 0 Å². The quantitative estimate of drug-likeness (QED) is 0.631. The van der Waals surface area contributed by atoms with Gasteiger partial charge in [-0.1, -0.05) is 0 Å². The molecular weight excluding hydrogens is 234 g/mol. The SMILES string of the molecule is O=[N+]([O-])c1ccc(F)c(F)c1N1CC[C@@H](O)C1. The van der Waals surface area contributed by atoms with Crippen LogP contribution in [-0.2, 0) is 0 Å². The van der Waals surface area contributed by atoms with Crippen LogP contribution in [0, 0.1) is 21.7 Å². The van der Waals surface area contributed by atoms with Gasteiger partial charge in [0.25, 0.3) is 5.69 Å². The number of anilines is 1. The number of hydrogen-bond donors (Lipinski definition) is 1. The van der Waals surface area contributed by atoms with E-state index < -0.39 is 28.3 Å². The van der Waals surface area contributed by atoms with Crippen LogP contribution in [-0.4, -0.2) is 29.2 Å². The van der Waals surface area contributed by atoms with Crippen molar-refractivity contribution in [2.24, 2.45) is 0 Å². The summed E-state index contributed by atoms with van der Waals surface area (Å²) >= 11 is 0. The standard InChI is InChI=1S/C10H10F2N2O3/c11-7-1-2-8(14(16)17)10(9(7)12)13-4-3-6(15)5-13/h1-2,6,15H,3-5H2/t6-/m1/s1. The van der Waals surface area contributed by atoms with Crippen molar-refractivity contribution < 1.29 is 18.8 Å². The second-order valence-corrected chi connectivity index (χ2v) is 3.87. The van der Waals surface area contributed by atoms with Gasteiger partial charge in [0, 0.05) is 19.2 Å². The first-order chi connectivity index (χ1) is 8.00. The minimum absolute atomic E-state index is 0.0706. The number of aliphatic hydroxyl groups excluding tert-OH is 1. The third-order valence-corrected chi connectivity index (χ3v) is 2.72. The predicted molar refractivity (Wildman–Crippen MR) is 55.8 cm³/mol. The van der Waals surface area contributed by atoms with Crippen molar-refractivity contribution in [3.05, 3.63) is 33.9 Å². The number of halogens is 2. The lowest BCUT2D eigenvalue weighted by Gasteiger charge is -2.18. The Morgan fingerprint density at radius 2 is 2.18 bits per heavy atom. The van der Waals surface area contributed by atoms with Gasteiger partial charge in [0.05, 0.1) is 11.0 Å². The van der Waals surface area contributed by atoms with Crippen LogP contribution in [0.3, 0.4) is 0 Å². The van der Waals surface area contributed by atoms with Crippen LogP contribution >= 0.6 is 0 Å². The highest BCUT2D eigenvalue weighted by Crippen LogP contribution is 2.34. The van der Waals surface area contributed by atoms with Crippen molar-refractivity contribution in [1.29, 1.82) is 0 Å². The minimum Gasteiger partial charge on any atom is -0.391 e. The van der Waals surface area contributed by atoms with Crippen molar-refractivity contribution >= 4 is 11.4 Å². The van der Waals surface area contributed by atoms with E-state index in [9.17, 15) is 24.0 Å². The minimum atomic E-state index is -1.24. The molecule has 1 aromatic rings. The van der Waals surface area contributed by atoms with Gasteiger partial charge in [0.15, 0.2) is 17.3 Å². The molecule has 0 spiro atoms. The molecule has 2 rings (SSSR count). The van der Waals surface area contributed by atoms with Crippen LogP contribution < -0.4 is 4.90 Å². The molecule has 1 N–H and O–H groups in total. The molecule has 5 nitrogen and oxygen atoms in total. The number of hydrogen-bond acceptors (Lipinski definition) is 4. The molecule has 0 saturated carbocycles. The number of nitrogens with zero attached hydrogens (tertiary/aromatic N) is 2. The Morgan fingerprint density at radius 1 is 1.47 bits per heavy atom. The molecule has 0 unspecified atom stereocenters. The molecule has 1 fully saturated rings. The maximum atomic E-state index is 13.6. The zero-order chi connectivity index (χ0) is 12.6. The summed E-state index contributed by atoms with van der Waals surface area (Å²) in [7, 11) is 0.